The summed E-state index contributed by atoms with van der Waals surface area (Å²) in [6, 6.07) is 0. The number of likely N-dealkylation sites (tertiary alicyclic amines) is 1. The van der Waals surface area contributed by atoms with Gasteiger partial charge in [-0.15, -0.1) is 0 Å². The zero-order valence-electron chi connectivity index (χ0n) is 11.5. The average Bonchev–Trinajstić information content (AvgIpc) is 2.98. The highest BCUT2D eigenvalue weighted by Gasteiger charge is 2.27. The SMILES string of the molecule is O=C(O)N1CCC(c2coc(C3CCOCC3)n2)CC1. The first-order chi connectivity index (χ1) is 9.74. The number of rotatable bonds is 2. The van der Waals surface area contributed by atoms with Crippen LogP contribution >= 0.6 is 0 Å². The molecule has 2 aliphatic rings. The number of amides is 1. The molecule has 3 rings (SSSR count). The molecule has 20 heavy (non-hydrogen) atoms. The van der Waals surface area contributed by atoms with Gasteiger partial charge >= 0.3 is 6.09 Å². The lowest BCUT2D eigenvalue weighted by atomic mass is 9.94. The number of carboxylic acid groups (broad SMARTS) is 1. The second kappa shape index (κ2) is 5.83. The third-order valence-corrected chi connectivity index (χ3v) is 4.29. The Bertz CT molecular complexity index is 459. The molecule has 1 amide bonds. The summed E-state index contributed by atoms with van der Waals surface area (Å²) in [6.45, 7) is 2.72. The molecular formula is C14H20N2O4. The van der Waals surface area contributed by atoms with E-state index in [1.54, 1.807) is 6.26 Å². The summed E-state index contributed by atoms with van der Waals surface area (Å²) < 4.78 is 11.0. The minimum Gasteiger partial charge on any atom is -0.465 e. The first-order valence-corrected chi connectivity index (χ1v) is 7.25. The molecule has 0 unspecified atom stereocenters. The molecule has 2 saturated heterocycles. The van der Waals surface area contributed by atoms with Gasteiger partial charge < -0.3 is 19.2 Å². The Balaban J connectivity index is 1.61. The van der Waals surface area contributed by atoms with Crippen molar-refractivity contribution in [2.24, 2.45) is 0 Å². The molecule has 110 valence electrons. The average molecular weight is 280 g/mol. The maximum atomic E-state index is 10.9. The third-order valence-electron chi connectivity index (χ3n) is 4.29. The molecule has 1 aromatic heterocycles. The van der Waals surface area contributed by atoms with Gasteiger partial charge in [-0.3, -0.25) is 0 Å². The Morgan fingerprint density at radius 1 is 1.20 bits per heavy atom. The Hall–Kier alpha value is -1.56. The van der Waals surface area contributed by atoms with Crippen LogP contribution in [0.2, 0.25) is 0 Å². The van der Waals surface area contributed by atoms with Crippen LogP contribution in [-0.2, 0) is 4.74 Å². The van der Waals surface area contributed by atoms with Gasteiger partial charge in [0.05, 0.1) is 5.69 Å². The van der Waals surface area contributed by atoms with Gasteiger partial charge in [-0.2, -0.15) is 0 Å². The van der Waals surface area contributed by atoms with Crippen molar-refractivity contribution in [1.82, 2.24) is 9.88 Å². The fourth-order valence-corrected chi connectivity index (χ4v) is 2.99. The van der Waals surface area contributed by atoms with E-state index in [0.717, 1.165) is 50.5 Å². The maximum Gasteiger partial charge on any atom is 0.407 e. The van der Waals surface area contributed by atoms with E-state index in [9.17, 15) is 4.79 Å². The summed E-state index contributed by atoms with van der Waals surface area (Å²) in [7, 11) is 0. The minimum atomic E-state index is -0.827. The van der Waals surface area contributed by atoms with Crippen molar-refractivity contribution in [3.63, 3.8) is 0 Å². The van der Waals surface area contributed by atoms with Crippen LogP contribution in [-0.4, -0.2) is 47.4 Å². The summed E-state index contributed by atoms with van der Waals surface area (Å²) in [5.74, 6) is 1.52. The quantitative estimate of drug-likeness (QED) is 0.900. The van der Waals surface area contributed by atoms with Crippen molar-refractivity contribution in [2.75, 3.05) is 26.3 Å². The maximum absolute atomic E-state index is 10.9. The topological polar surface area (TPSA) is 75.8 Å². The molecule has 1 N–H and O–H groups in total. The highest BCUT2D eigenvalue weighted by Crippen LogP contribution is 2.31. The van der Waals surface area contributed by atoms with E-state index in [1.807, 2.05) is 0 Å². The van der Waals surface area contributed by atoms with Crippen LogP contribution in [0.1, 0.15) is 49.1 Å². The highest BCUT2D eigenvalue weighted by atomic mass is 16.5. The lowest BCUT2D eigenvalue weighted by Crippen LogP contribution is -2.36. The van der Waals surface area contributed by atoms with E-state index in [4.69, 9.17) is 14.3 Å². The number of carbonyl (C=O) groups is 1. The Morgan fingerprint density at radius 2 is 1.90 bits per heavy atom. The van der Waals surface area contributed by atoms with Gasteiger partial charge in [0.15, 0.2) is 5.89 Å². The van der Waals surface area contributed by atoms with Gasteiger partial charge in [0.25, 0.3) is 0 Å². The Morgan fingerprint density at radius 3 is 2.55 bits per heavy atom. The molecule has 6 heteroatoms. The molecule has 0 aliphatic carbocycles. The van der Waals surface area contributed by atoms with Crippen LogP contribution in [0.15, 0.2) is 10.7 Å². The zero-order valence-corrected chi connectivity index (χ0v) is 11.5. The largest absolute Gasteiger partial charge is 0.465 e. The normalized spacial score (nSPS) is 22.1. The van der Waals surface area contributed by atoms with Gasteiger partial charge in [0.2, 0.25) is 0 Å². The number of piperidine rings is 1. The van der Waals surface area contributed by atoms with Crippen molar-refractivity contribution in [1.29, 1.82) is 0 Å². The number of oxazole rings is 1. The molecule has 6 nitrogen and oxygen atoms in total. The summed E-state index contributed by atoms with van der Waals surface area (Å²) in [6.07, 6.45) is 4.52. The van der Waals surface area contributed by atoms with E-state index in [1.165, 1.54) is 4.90 Å². The third kappa shape index (κ3) is 2.80. The van der Waals surface area contributed by atoms with E-state index < -0.39 is 6.09 Å². The van der Waals surface area contributed by atoms with Gasteiger partial charge in [0, 0.05) is 38.1 Å². The molecule has 0 spiro atoms. The molecule has 2 fully saturated rings. The molecule has 0 atom stereocenters. The number of hydrogen-bond acceptors (Lipinski definition) is 4. The molecule has 0 aromatic carbocycles. The van der Waals surface area contributed by atoms with Crippen molar-refractivity contribution in [3.05, 3.63) is 17.8 Å². The minimum absolute atomic E-state index is 0.322. The second-order valence-electron chi connectivity index (χ2n) is 5.54. The van der Waals surface area contributed by atoms with E-state index in [2.05, 4.69) is 4.98 Å². The highest BCUT2D eigenvalue weighted by molar-refractivity contribution is 5.65. The number of aromatic nitrogens is 1. The first kappa shape index (κ1) is 13.4. The Kier molecular flexibility index (Phi) is 3.91. The van der Waals surface area contributed by atoms with Crippen LogP contribution in [0.3, 0.4) is 0 Å². The lowest BCUT2D eigenvalue weighted by Gasteiger charge is -2.28. The summed E-state index contributed by atoms with van der Waals surface area (Å²) in [5.41, 5.74) is 0.983. The van der Waals surface area contributed by atoms with Gasteiger partial charge in [0.1, 0.15) is 6.26 Å². The van der Waals surface area contributed by atoms with Crippen LogP contribution in [0, 0.1) is 0 Å². The molecule has 0 saturated carbocycles. The summed E-state index contributed by atoms with van der Waals surface area (Å²) >= 11 is 0. The standard InChI is InChI=1S/C14H20N2O4/c17-14(18)16-5-1-10(2-6-16)12-9-20-13(15-12)11-3-7-19-8-4-11/h9-11H,1-8H2,(H,17,18). The van der Waals surface area contributed by atoms with Crippen molar-refractivity contribution in [3.8, 4) is 0 Å². The van der Waals surface area contributed by atoms with Gasteiger partial charge in [-0.25, -0.2) is 9.78 Å². The molecule has 2 aliphatic heterocycles. The fraction of sp³-hybridized carbons (Fsp3) is 0.714. The first-order valence-electron chi connectivity index (χ1n) is 7.25. The summed E-state index contributed by atoms with van der Waals surface area (Å²) in [5, 5.41) is 8.95. The lowest BCUT2D eigenvalue weighted by molar-refractivity contribution is 0.0794. The van der Waals surface area contributed by atoms with Gasteiger partial charge in [-0.05, 0) is 25.7 Å². The molecular weight excluding hydrogens is 260 g/mol. The smallest absolute Gasteiger partial charge is 0.407 e. The fourth-order valence-electron chi connectivity index (χ4n) is 2.99. The molecule has 3 heterocycles. The van der Waals surface area contributed by atoms with E-state index >= 15 is 0 Å². The predicted octanol–water partition coefficient (Wildman–Crippen LogP) is 2.43. The van der Waals surface area contributed by atoms with E-state index in [0.29, 0.717) is 24.9 Å². The summed E-state index contributed by atoms with van der Waals surface area (Å²) in [4.78, 5) is 17.0. The monoisotopic (exact) mass is 280 g/mol. The number of hydrogen-bond donors (Lipinski definition) is 1. The number of ether oxygens (including phenoxy) is 1. The predicted molar refractivity (Wildman–Crippen MR) is 70.9 cm³/mol. The van der Waals surface area contributed by atoms with Crippen LogP contribution in [0.4, 0.5) is 4.79 Å². The van der Waals surface area contributed by atoms with Crippen LogP contribution in [0.5, 0.6) is 0 Å². The zero-order chi connectivity index (χ0) is 13.9. The molecule has 1 aromatic rings. The molecule has 0 bridgehead atoms. The van der Waals surface area contributed by atoms with Crippen molar-refractivity contribution < 1.29 is 19.1 Å². The second-order valence-corrected chi connectivity index (χ2v) is 5.54. The van der Waals surface area contributed by atoms with E-state index in [-0.39, 0.29) is 0 Å². The molecule has 0 radical (unpaired) electrons. The van der Waals surface area contributed by atoms with Crippen molar-refractivity contribution >= 4 is 6.09 Å². The van der Waals surface area contributed by atoms with Crippen LogP contribution < -0.4 is 0 Å². The van der Waals surface area contributed by atoms with Crippen LogP contribution in [0.25, 0.3) is 0 Å². The van der Waals surface area contributed by atoms with Crippen molar-refractivity contribution in [2.45, 2.75) is 37.5 Å². The number of nitrogens with zero attached hydrogens (tertiary/aromatic N) is 2. The van der Waals surface area contributed by atoms with Gasteiger partial charge in [-0.1, -0.05) is 0 Å². The Labute approximate surface area is 117 Å².